The van der Waals surface area contributed by atoms with Crippen molar-refractivity contribution >= 4 is 28.8 Å². The first kappa shape index (κ1) is 23.9. The van der Waals surface area contributed by atoms with Crippen LogP contribution < -0.4 is 4.74 Å². The van der Waals surface area contributed by atoms with Crippen LogP contribution in [0.15, 0.2) is 103 Å². The molecule has 0 unspecified atom stereocenters. The summed E-state index contributed by atoms with van der Waals surface area (Å²) in [5.74, 6) is -1.20. The molecule has 0 bridgehead atoms. The van der Waals surface area contributed by atoms with E-state index >= 15 is 0 Å². The van der Waals surface area contributed by atoms with E-state index in [1.807, 2.05) is 59.2 Å². The second kappa shape index (κ2) is 10.9. The molecular formula is C30H22F2N2O3. The van der Waals surface area contributed by atoms with Gasteiger partial charge in [-0.3, -0.25) is 0 Å². The van der Waals surface area contributed by atoms with Crippen molar-refractivity contribution in [2.24, 2.45) is 0 Å². The maximum atomic E-state index is 14.8. The third-order valence-electron chi connectivity index (χ3n) is 5.71. The number of esters is 1. The lowest BCUT2D eigenvalue weighted by Gasteiger charge is -2.12. The minimum absolute atomic E-state index is 0.0475. The molecule has 37 heavy (non-hydrogen) atoms. The topological polar surface area (TPSA) is 53.3 Å². The number of imidazole rings is 1. The molecule has 0 N–H and O–H groups in total. The number of carbonyl (C=O) groups is 1. The summed E-state index contributed by atoms with van der Waals surface area (Å²) in [5, 5.41) is 0. The van der Waals surface area contributed by atoms with Crippen molar-refractivity contribution in [3.05, 3.63) is 132 Å². The Hall–Kier alpha value is -4.78. The first-order chi connectivity index (χ1) is 18.1. The number of halogens is 2. The van der Waals surface area contributed by atoms with Gasteiger partial charge in [-0.15, -0.1) is 0 Å². The Labute approximate surface area is 212 Å². The zero-order chi connectivity index (χ0) is 25.6. The Morgan fingerprint density at radius 1 is 0.784 bits per heavy atom. The standard InChI is InChI=1S/C30H22F2N2O3/c31-24-14-6-4-12-22(24)28(37-30(35)23-13-5-7-15-25(23)32)20-29-33-26-16-8-9-17-27(26)34(29)18-19-36-21-10-2-1-3-11-21/h1-17,20H,18-19H2/b28-20+. The molecule has 0 aliphatic carbocycles. The number of nitrogens with zero attached hydrogens (tertiary/aromatic N) is 2. The molecule has 0 amide bonds. The van der Waals surface area contributed by atoms with E-state index in [0.717, 1.165) is 17.3 Å². The van der Waals surface area contributed by atoms with Crippen molar-refractivity contribution in [3.63, 3.8) is 0 Å². The number of hydrogen-bond donors (Lipinski definition) is 0. The molecule has 0 saturated heterocycles. The summed E-state index contributed by atoms with van der Waals surface area (Å²) in [6.07, 6.45) is 1.49. The number of ether oxygens (including phenoxy) is 2. The molecule has 0 aliphatic heterocycles. The number of rotatable bonds is 8. The predicted molar refractivity (Wildman–Crippen MR) is 138 cm³/mol. The number of para-hydroxylation sites is 3. The lowest BCUT2D eigenvalue weighted by atomic mass is 10.1. The van der Waals surface area contributed by atoms with Crippen LogP contribution in [0.3, 0.4) is 0 Å². The van der Waals surface area contributed by atoms with Gasteiger partial charge in [-0.05, 0) is 48.5 Å². The molecule has 0 atom stereocenters. The van der Waals surface area contributed by atoms with Gasteiger partial charge in [0.05, 0.1) is 28.7 Å². The Morgan fingerprint density at radius 2 is 1.41 bits per heavy atom. The monoisotopic (exact) mass is 496 g/mol. The van der Waals surface area contributed by atoms with Gasteiger partial charge in [-0.2, -0.15) is 0 Å². The van der Waals surface area contributed by atoms with Crippen LogP contribution in [0.1, 0.15) is 21.7 Å². The van der Waals surface area contributed by atoms with Gasteiger partial charge in [-0.1, -0.05) is 54.6 Å². The fraction of sp³-hybridized carbons (Fsp3) is 0.0667. The lowest BCUT2D eigenvalue weighted by molar-refractivity contribution is 0.0688. The maximum Gasteiger partial charge on any atom is 0.346 e. The quantitative estimate of drug-likeness (QED) is 0.176. The predicted octanol–water partition coefficient (Wildman–Crippen LogP) is 6.75. The molecule has 5 nitrogen and oxygen atoms in total. The SMILES string of the molecule is O=C(O/C(=C/c1nc2ccccc2n1CCOc1ccccc1)c1ccccc1F)c1ccccc1F. The Balaban J connectivity index is 1.54. The van der Waals surface area contributed by atoms with Crippen LogP contribution >= 0.6 is 0 Å². The highest BCUT2D eigenvalue weighted by Gasteiger charge is 2.20. The van der Waals surface area contributed by atoms with Crippen molar-refractivity contribution in [2.45, 2.75) is 6.54 Å². The Bertz CT molecular complexity index is 1580. The minimum atomic E-state index is -0.942. The highest BCUT2D eigenvalue weighted by atomic mass is 19.1. The molecule has 184 valence electrons. The summed E-state index contributed by atoms with van der Waals surface area (Å²) in [4.78, 5) is 17.5. The van der Waals surface area contributed by atoms with Gasteiger partial charge >= 0.3 is 5.97 Å². The molecule has 4 aromatic carbocycles. The van der Waals surface area contributed by atoms with Gasteiger partial charge in [0.25, 0.3) is 0 Å². The fourth-order valence-corrected chi connectivity index (χ4v) is 3.93. The maximum absolute atomic E-state index is 14.8. The first-order valence-electron chi connectivity index (χ1n) is 11.7. The van der Waals surface area contributed by atoms with Crippen molar-refractivity contribution in [1.29, 1.82) is 0 Å². The van der Waals surface area contributed by atoms with Crippen molar-refractivity contribution in [1.82, 2.24) is 9.55 Å². The van der Waals surface area contributed by atoms with Gasteiger partial charge in [0.1, 0.15) is 35.6 Å². The summed E-state index contributed by atoms with van der Waals surface area (Å²) in [7, 11) is 0. The van der Waals surface area contributed by atoms with E-state index in [1.54, 1.807) is 6.07 Å². The number of hydrogen-bond acceptors (Lipinski definition) is 4. The zero-order valence-electron chi connectivity index (χ0n) is 19.7. The van der Waals surface area contributed by atoms with Crippen molar-refractivity contribution < 1.29 is 23.0 Å². The highest BCUT2D eigenvalue weighted by Crippen LogP contribution is 2.26. The highest BCUT2D eigenvalue weighted by molar-refractivity contribution is 5.95. The van der Waals surface area contributed by atoms with E-state index < -0.39 is 17.6 Å². The minimum Gasteiger partial charge on any atom is -0.492 e. The number of carbonyl (C=O) groups excluding carboxylic acids is 1. The molecule has 5 rings (SSSR count). The molecule has 1 heterocycles. The molecule has 0 fully saturated rings. The van der Waals surface area contributed by atoms with E-state index in [2.05, 4.69) is 4.98 Å². The molecule has 1 aromatic heterocycles. The first-order valence-corrected chi connectivity index (χ1v) is 11.7. The van der Waals surface area contributed by atoms with Crippen LogP contribution in [0.2, 0.25) is 0 Å². The van der Waals surface area contributed by atoms with Crippen LogP contribution in [-0.4, -0.2) is 22.1 Å². The Kier molecular flexibility index (Phi) is 7.03. The summed E-state index contributed by atoms with van der Waals surface area (Å²) >= 11 is 0. The van der Waals surface area contributed by atoms with Crippen LogP contribution in [-0.2, 0) is 11.3 Å². The molecule has 0 aliphatic rings. The van der Waals surface area contributed by atoms with Gasteiger partial charge in [0.2, 0.25) is 0 Å². The summed E-state index contributed by atoms with van der Waals surface area (Å²) in [6, 6.07) is 28.3. The van der Waals surface area contributed by atoms with Crippen LogP contribution in [0.5, 0.6) is 5.75 Å². The average Bonchev–Trinajstić information content (AvgIpc) is 3.26. The zero-order valence-corrected chi connectivity index (χ0v) is 19.7. The van der Waals surface area contributed by atoms with Gasteiger partial charge in [-0.25, -0.2) is 18.6 Å². The average molecular weight is 497 g/mol. The van der Waals surface area contributed by atoms with E-state index in [0.29, 0.717) is 24.5 Å². The second-order valence-corrected chi connectivity index (χ2v) is 8.13. The number of aromatic nitrogens is 2. The van der Waals surface area contributed by atoms with Crippen molar-refractivity contribution in [3.8, 4) is 5.75 Å². The van der Waals surface area contributed by atoms with Crippen LogP contribution in [0.25, 0.3) is 22.9 Å². The smallest absolute Gasteiger partial charge is 0.346 e. The largest absolute Gasteiger partial charge is 0.492 e. The molecule has 0 spiro atoms. The summed E-state index contributed by atoms with van der Waals surface area (Å²) in [5.41, 5.74) is 1.33. The molecule has 0 radical (unpaired) electrons. The second-order valence-electron chi connectivity index (χ2n) is 8.13. The third-order valence-corrected chi connectivity index (χ3v) is 5.71. The molecular weight excluding hydrogens is 474 g/mol. The summed E-state index contributed by atoms with van der Waals surface area (Å²) in [6.45, 7) is 0.766. The summed E-state index contributed by atoms with van der Waals surface area (Å²) < 4.78 is 42.4. The van der Waals surface area contributed by atoms with E-state index in [4.69, 9.17) is 9.47 Å². The van der Waals surface area contributed by atoms with E-state index in [-0.39, 0.29) is 16.9 Å². The van der Waals surface area contributed by atoms with Crippen LogP contribution in [0, 0.1) is 11.6 Å². The fourth-order valence-electron chi connectivity index (χ4n) is 3.93. The van der Waals surface area contributed by atoms with Gasteiger partial charge in [0, 0.05) is 6.08 Å². The third kappa shape index (κ3) is 5.41. The van der Waals surface area contributed by atoms with Crippen molar-refractivity contribution in [2.75, 3.05) is 6.61 Å². The molecule has 0 saturated carbocycles. The number of benzene rings is 4. The normalized spacial score (nSPS) is 11.5. The van der Waals surface area contributed by atoms with Gasteiger partial charge < -0.3 is 14.0 Å². The van der Waals surface area contributed by atoms with Crippen LogP contribution in [0.4, 0.5) is 8.78 Å². The number of fused-ring (bicyclic) bond motifs is 1. The van der Waals surface area contributed by atoms with E-state index in [1.165, 1.54) is 42.5 Å². The lowest BCUT2D eigenvalue weighted by Crippen LogP contribution is -2.11. The van der Waals surface area contributed by atoms with E-state index in [9.17, 15) is 13.6 Å². The molecule has 7 heteroatoms. The Morgan fingerprint density at radius 3 is 2.14 bits per heavy atom. The van der Waals surface area contributed by atoms with Gasteiger partial charge in [0.15, 0.2) is 0 Å². The molecule has 5 aromatic rings.